The van der Waals surface area contributed by atoms with Gasteiger partial charge in [0.15, 0.2) is 5.16 Å². The first-order valence-electron chi connectivity index (χ1n) is 9.25. The first-order valence-corrected chi connectivity index (χ1v) is 10.8. The zero-order valence-corrected chi connectivity index (χ0v) is 16.6. The summed E-state index contributed by atoms with van der Waals surface area (Å²) in [7, 11) is -3.79. The van der Waals surface area contributed by atoms with Crippen molar-refractivity contribution < 1.29 is 23.1 Å². The molecule has 0 radical (unpaired) electrons. The normalized spacial score (nSPS) is 22.6. The summed E-state index contributed by atoms with van der Waals surface area (Å²) in [6.07, 6.45) is 0.413. The Morgan fingerprint density at radius 3 is 2.11 bits per heavy atom. The summed E-state index contributed by atoms with van der Waals surface area (Å²) in [6, 6.07) is 18.9. The zero-order valence-electron chi connectivity index (χ0n) is 15.7. The summed E-state index contributed by atoms with van der Waals surface area (Å²) >= 11 is 0. The molecular weight excluding hydrogens is 363 g/mol. The third kappa shape index (κ3) is 3.73. The van der Waals surface area contributed by atoms with Gasteiger partial charge in [0.25, 0.3) is 0 Å². The highest BCUT2D eigenvalue weighted by Crippen LogP contribution is 2.69. The molecule has 1 aliphatic heterocycles. The van der Waals surface area contributed by atoms with Gasteiger partial charge in [-0.05, 0) is 25.0 Å². The van der Waals surface area contributed by atoms with Crippen LogP contribution in [-0.2, 0) is 34.7 Å². The van der Waals surface area contributed by atoms with Crippen LogP contribution in [0, 0.1) is 0 Å². The van der Waals surface area contributed by atoms with E-state index in [1.807, 2.05) is 48.5 Å². The molecule has 0 aliphatic carbocycles. The second kappa shape index (κ2) is 8.39. The van der Waals surface area contributed by atoms with Crippen LogP contribution in [0.25, 0.3) is 0 Å². The largest absolute Gasteiger partial charge is 0.461 e. The fraction of sp³-hybridized carbons (Fsp3) is 0.381. The number of ether oxygens (including phenoxy) is 1. The molecular formula is C21H25O5P. The molecule has 1 aliphatic rings. The lowest BCUT2D eigenvalue weighted by Crippen LogP contribution is -2.33. The summed E-state index contributed by atoms with van der Waals surface area (Å²) < 4.78 is 30.7. The molecule has 1 heterocycles. The average molecular weight is 388 g/mol. The molecule has 2 unspecified atom stereocenters. The summed E-state index contributed by atoms with van der Waals surface area (Å²) in [5.41, 5.74) is 1.66. The van der Waals surface area contributed by atoms with Crippen LogP contribution in [0.4, 0.5) is 0 Å². The van der Waals surface area contributed by atoms with E-state index in [2.05, 4.69) is 0 Å². The molecule has 2 atom stereocenters. The summed E-state index contributed by atoms with van der Waals surface area (Å²) in [4.78, 5) is 13.1. The fourth-order valence-electron chi connectivity index (χ4n) is 3.62. The maximum atomic E-state index is 13.8. The highest BCUT2D eigenvalue weighted by atomic mass is 31.2. The molecule has 2 aromatic carbocycles. The van der Waals surface area contributed by atoms with Crippen LogP contribution >= 0.6 is 7.60 Å². The van der Waals surface area contributed by atoms with Crippen molar-refractivity contribution in [3.63, 3.8) is 0 Å². The Morgan fingerprint density at radius 1 is 1.00 bits per heavy atom. The van der Waals surface area contributed by atoms with Gasteiger partial charge in [-0.3, -0.25) is 9.36 Å². The van der Waals surface area contributed by atoms with Crippen molar-refractivity contribution >= 4 is 13.6 Å². The Morgan fingerprint density at radius 2 is 1.56 bits per heavy atom. The topological polar surface area (TPSA) is 61.8 Å². The van der Waals surface area contributed by atoms with Gasteiger partial charge in [0.1, 0.15) is 6.10 Å². The first-order chi connectivity index (χ1) is 13.1. The SMILES string of the molecule is CCOP(=O)(OCC)C1(c2ccccc2)CC(Cc2ccccc2)OC1=O. The van der Waals surface area contributed by atoms with Gasteiger partial charge < -0.3 is 13.8 Å². The molecule has 27 heavy (non-hydrogen) atoms. The van der Waals surface area contributed by atoms with Gasteiger partial charge in [0.05, 0.1) is 13.2 Å². The van der Waals surface area contributed by atoms with Crippen LogP contribution in [0.2, 0.25) is 0 Å². The highest BCUT2D eigenvalue weighted by Gasteiger charge is 2.64. The molecule has 0 amide bonds. The van der Waals surface area contributed by atoms with Gasteiger partial charge in [-0.25, -0.2) is 0 Å². The van der Waals surface area contributed by atoms with Gasteiger partial charge in [-0.15, -0.1) is 0 Å². The molecule has 0 spiro atoms. The minimum atomic E-state index is -3.79. The number of hydrogen-bond acceptors (Lipinski definition) is 5. The Labute approximate surface area is 160 Å². The minimum absolute atomic E-state index is 0.183. The molecule has 6 heteroatoms. The van der Waals surface area contributed by atoms with Crippen molar-refractivity contribution in [2.75, 3.05) is 13.2 Å². The molecule has 2 aromatic rings. The van der Waals surface area contributed by atoms with E-state index >= 15 is 0 Å². The van der Waals surface area contributed by atoms with Gasteiger partial charge in [0.2, 0.25) is 0 Å². The Hall–Kier alpha value is -1.94. The van der Waals surface area contributed by atoms with Crippen LogP contribution in [0.15, 0.2) is 60.7 Å². The fourth-order valence-corrected chi connectivity index (χ4v) is 5.99. The van der Waals surface area contributed by atoms with Crippen molar-refractivity contribution in [3.8, 4) is 0 Å². The molecule has 1 saturated heterocycles. The van der Waals surface area contributed by atoms with Gasteiger partial charge >= 0.3 is 13.6 Å². The van der Waals surface area contributed by atoms with E-state index in [0.717, 1.165) is 5.56 Å². The summed E-state index contributed by atoms with van der Waals surface area (Å²) in [6.45, 7) is 3.85. The van der Waals surface area contributed by atoms with E-state index in [9.17, 15) is 9.36 Å². The molecule has 144 valence electrons. The summed E-state index contributed by atoms with van der Waals surface area (Å²) in [5.74, 6) is -0.542. The summed E-state index contributed by atoms with van der Waals surface area (Å²) in [5, 5.41) is -1.44. The molecule has 5 nitrogen and oxygen atoms in total. The van der Waals surface area contributed by atoms with Gasteiger partial charge in [0, 0.05) is 12.8 Å². The molecule has 3 rings (SSSR count). The highest BCUT2D eigenvalue weighted by molar-refractivity contribution is 7.56. The first kappa shape index (κ1) is 19.8. The van der Waals surface area contributed by atoms with E-state index in [0.29, 0.717) is 12.0 Å². The predicted molar refractivity (Wildman–Crippen MR) is 104 cm³/mol. The maximum absolute atomic E-state index is 13.8. The number of esters is 1. The van der Waals surface area contributed by atoms with Crippen molar-refractivity contribution in [1.29, 1.82) is 0 Å². The van der Waals surface area contributed by atoms with Crippen molar-refractivity contribution in [2.24, 2.45) is 0 Å². The third-order valence-corrected chi connectivity index (χ3v) is 7.51. The molecule has 1 fully saturated rings. The van der Waals surface area contributed by atoms with Crippen LogP contribution < -0.4 is 0 Å². The van der Waals surface area contributed by atoms with E-state index in [4.69, 9.17) is 13.8 Å². The third-order valence-electron chi connectivity index (χ3n) is 4.76. The number of carbonyl (C=O) groups excluding carboxylic acids is 1. The zero-order chi connectivity index (χ0) is 19.3. The Balaban J connectivity index is 2.03. The van der Waals surface area contributed by atoms with Gasteiger partial charge in [-0.1, -0.05) is 60.7 Å². The smallest absolute Gasteiger partial charge is 0.352 e. The van der Waals surface area contributed by atoms with E-state index in [-0.39, 0.29) is 19.6 Å². The van der Waals surface area contributed by atoms with E-state index < -0.39 is 24.8 Å². The Kier molecular flexibility index (Phi) is 6.15. The molecule has 0 bridgehead atoms. The number of cyclic esters (lactones) is 1. The number of rotatable bonds is 8. The monoisotopic (exact) mass is 388 g/mol. The van der Waals surface area contributed by atoms with Crippen molar-refractivity contribution in [3.05, 3.63) is 71.8 Å². The minimum Gasteiger partial charge on any atom is -0.461 e. The van der Waals surface area contributed by atoms with Crippen LogP contribution in [-0.4, -0.2) is 25.3 Å². The number of benzene rings is 2. The number of carbonyl (C=O) groups is 1. The lowest BCUT2D eigenvalue weighted by Gasteiger charge is -2.32. The predicted octanol–water partition coefficient (Wildman–Crippen LogP) is 4.71. The lowest BCUT2D eigenvalue weighted by molar-refractivity contribution is -0.144. The van der Waals surface area contributed by atoms with Gasteiger partial charge in [-0.2, -0.15) is 0 Å². The van der Waals surface area contributed by atoms with Crippen LogP contribution in [0.5, 0.6) is 0 Å². The molecule has 0 N–H and O–H groups in total. The van der Waals surface area contributed by atoms with Crippen LogP contribution in [0.1, 0.15) is 31.4 Å². The van der Waals surface area contributed by atoms with E-state index in [1.54, 1.807) is 26.0 Å². The van der Waals surface area contributed by atoms with Crippen LogP contribution in [0.3, 0.4) is 0 Å². The Bertz CT molecular complexity index is 798. The second-order valence-electron chi connectivity index (χ2n) is 6.48. The molecule has 0 saturated carbocycles. The van der Waals surface area contributed by atoms with E-state index in [1.165, 1.54) is 0 Å². The maximum Gasteiger partial charge on any atom is 0.352 e. The van der Waals surface area contributed by atoms with Crippen molar-refractivity contribution in [2.45, 2.75) is 37.9 Å². The second-order valence-corrected chi connectivity index (χ2v) is 8.76. The number of hydrogen-bond donors (Lipinski definition) is 0. The van der Waals surface area contributed by atoms with Crippen molar-refractivity contribution in [1.82, 2.24) is 0 Å². The standard InChI is InChI=1S/C21H25O5P/c1-3-24-27(23,25-4-2)21(18-13-9-6-10-14-18)16-19(26-20(21)22)15-17-11-7-5-8-12-17/h5-14,19H,3-4,15-16H2,1-2H3. The average Bonchev–Trinajstić information content (AvgIpc) is 3.01. The quantitative estimate of drug-likeness (QED) is 0.484. The lowest BCUT2D eigenvalue weighted by atomic mass is 9.92. The molecule has 0 aromatic heterocycles.